The Morgan fingerprint density at radius 1 is 1.22 bits per heavy atom. The Labute approximate surface area is 141 Å². The molecular formula is C19H23NO2S. The highest BCUT2D eigenvalue weighted by molar-refractivity contribution is 7.11. The van der Waals surface area contributed by atoms with Gasteiger partial charge in [0.2, 0.25) is 5.91 Å². The number of nitrogens with one attached hydrogen (secondary N) is 1. The normalized spacial score (nSPS) is 12.9. The average Bonchev–Trinajstić information content (AvgIpc) is 3.17. The molecule has 4 heteroatoms. The van der Waals surface area contributed by atoms with E-state index in [4.69, 9.17) is 4.74 Å². The van der Waals surface area contributed by atoms with Crippen molar-refractivity contribution in [3.8, 4) is 5.75 Å². The number of thiophene rings is 1. The number of benzene rings is 1. The summed E-state index contributed by atoms with van der Waals surface area (Å²) in [5.74, 6) is 1.02. The quantitative estimate of drug-likeness (QED) is 0.779. The molecular weight excluding hydrogens is 306 g/mol. The van der Waals surface area contributed by atoms with Gasteiger partial charge in [-0.15, -0.1) is 11.3 Å². The maximum atomic E-state index is 11.8. The highest BCUT2D eigenvalue weighted by Gasteiger charge is 2.11. The summed E-state index contributed by atoms with van der Waals surface area (Å²) in [7, 11) is 0. The summed E-state index contributed by atoms with van der Waals surface area (Å²) < 4.78 is 5.77. The van der Waals surface area contributed by atoms with Gasteiger partial charge in [-0.3, -0.25) is 4.79 Å². The van der Waals surface area contributed by atoms with Crippen LogP contribution in [0, 0.1) is 6.92 Å². The van der Waals surface area contributed by atoms with E-state index in [0.717, 1.165) is 18.6 Å². The summed E-state index contributed by atoms with van der Waals surface area (Å²) in [6.45, 7) is 3.29. The SMILES string of the molecule is Cc1ccc(CNC(=O)CCCOc2ccc3c(c2)CCC3)s1. The van der Waals surface area contributed by atoms with Gasteiger partial charge < -0.3 is 10.1 Å². The fraction of sp³-hybridized carbons (Fsp3) is 0.421. The molecule has 0 spiro atoms. The predicted octanol–water partition coefficient (Wildman–Crippen LogP) is 4.02. The molecule has 2 aromatic rings. The number of rotatable bonds is 7. The van der Waals surface area contributed by atoms with Crippen molar-refractivity contribution in [3.63, 3.8) is 0 Å². The molecule has 122 valence electrons. The molecule has 3 rings (SSSR count). The molecule has 0 aliphatic heterocycles. The van der Waals surface area contributed by atoms with Gasteiger partial charge >= 0.3 is 0 Å². The number of ether oxygens (including phenoxy) is 1. The molecule has 1 N–H and O–H groups in total. The van der Waals surface area contributed by atoms with Crippen molar-refractivity contribution >= 4 is 17.2 Å². The first kappa shape index (κ1) is 16.1. The summed E-state index contributed by atoms with van der Waals surface area (Å²) in [5, 5.41) is 2.96. The second kappa shape index (κ2) is 7.64. The van der Waals surface area contributed by atoms with E-state index in [-0.39, 0.29) is 5.91 Å². The zero-order valence-corrected chi connectivity index (χ0v) is 14.4. The molecule has 3 nitrogen and oxygen atoms in total. The number of aryl methyl sites for hydroxylation is 3. The van der Waals surface area contributed by atoms with Gasteiger partial charge in [-0.25, -0.2) is 0 Å². The minimum absolute atomic E-state index is 0.0913. The van der Waals surface area contributed by atoms with E-state index in [1.54, 1.807) is 11.3 Å². The Balaban J connectivity index is 1.34. The van der Waals surface area contributed by atoms with E-state index in [2.05, 4.69) is 36.5 Å². The Morgan fingerprint density at radius 2 is 2.09 bits per heavy atom. The molecule has 1 heterocycles. The van der Waals surface area contributed by atoms with E-state index >= 15 is 0 Å². The fourth-order valence-corrected chi connectivity index (χ4v) is 3.75. The third-order valence-electron chi connectivity index (χ3n) is 4.14. The number of carbonyl (C=O) groups is 1. The van der Waals surface area contributed by atoms with Crippen LogP contribution in [0.4, 0.5) is 0 Å². The van der Waals surface area contributed by atoms with Crippen molar-refractivity contribution in [1.29, 1.82) is 0 Å². The standard InChI is InChI=1S/C19H23NO2S/c1-14-7-10-18(23-14)13-20-19(21)6-3-11-22-17-9-8-15-4-2-5-16(15)12-17/h7-10,12H,2-6,11,13H2,1H3,(H,20,21). The average molecular weight is 329 g/mol. The van der Waals surface area contributed by atoms with Crippen molar-refractivity contribution in [2.75, 3.05) is 6.61 Å². The molecule has 0 atom stereocenters. The second-order valence-corrected chi connectivity index (χ2v) is 7.40. The molecule has 1 aliphatic carbocycles. The Bertz CT molecular complexity index is 678. The van der Waals surface area contributed by atoms with Crippen molar-refractivity contribution in [1.82, 2.24) is 5.32 Å². The van der Waals surface area contributed by atoms with Crippen molar-refractivity contribution in [2.24, 2.45) is 0 Å². The molecule has 0 saturated heterocycles. The van der Waals surface area contributed by atoms with Crippen molar-refractivity contribution in [3.05, 3.63) is 51.2 Å². The van der Waals surface area contributed by atoms with Gasteiger partial charge in [0.15, 0.2) is 0 Å². The maximum Gasteiger partial charge on any atom is 0.220 e. The van der Waals surface area contributed by atoms with Crippen LogP contribution in [0.1, 0.15) is 40.1 Å². The molecule has 23 heavy (non-hydrogen) atoms. The van der Waals surface area contributed by atoms with Crippen molar-refractivity contribution < 1.29 is 9.53 Å². The smallest absolute Gasteiger partial charge is 0.220 e. The fourth-order valence-electron chi connectivity index (χ4n) is 2.91. The number of amides is 1. The van der Waals surface area contributed by atoms with Gasteiger partial charge in [-0.1, -0.05) is 6.07 Å². The molecule has 0 saturated carbocycles. The van der Waals surface area contributed by atoms with Crippen LogP contribution in [0.2, 0.25) is 0 Å². The Kier molecular flexibility index (Phi) is 5.34. The first-order chi connectivity index (χ1) is 11.2. The van der Waals surface area contributed by atoms with E-state index in [1.165, 1.54) is 33.7 Å². The molecule has 0 unspecified atom stereocenters. The topological polar surface area (TPSA) is 38.3 Å². The summed E-state index contributed by atoms with van der Waals surface area (Å²) in [5.41, 5.74) is 2.88. The lowest BCUT2D eigenvalue weighted by Crippen LogP contribution is -2.22. The third-order valence-corrected chi connectivity index (χ3v) is 5.14. The van der Waals surface area contributed by atoms with Crippen LogP contribution in [0.5, 0.6) is 5.75 Å². The first-order valence-corrected chi connectivity index (χ1v) is 9.09. The van der Waals surface area contributed by atoms with Gasteiger partial charge in [0.25, 0.3) is 0 Å². The molecule has 0 bridgehead atoms. The van der Waals surface area contributed by atoms with Crippen LogP contribution in [-0.4, -0.2) is 12.5 Å². The summed E-state index contributed by atoms with van der Waals surface area (Å²) in [4.78, 5) is 14.3. The first-order valence-electron chi connectivity index (χ1n) is 8.27. The molecule has 1 aliphatic rings. The van der Waals surface area contributed by atoms with E-state index < -0.39 is 0 Å². The molecule has 1 aromatic heterocycles. The van der Waals surface area contributed by atoms with Crippen LogP contribution < -0.4 is 10.1 Å². The Morgan fingerprint density at radius 3 is 2.91 bits per heavy atom. The number of hydrogen-bond donors (Lipinski definition) is 1. The van der Waals surface area contributed by atoms with Crippen LogP contribution in [0.15, 0.2) is 30.3 Å². The van der Waals surface area contributed by atoms with E-state index in [1.807, 2.05) is 6.07 Å². The number of carbonyl (C=O) groups excluding carboxylic acids is 1. The monoisotopic (exact) mass is 329 g/mol. The molecule has 0 radical (unpaired) electrons. The third kappa shape index (κ3) is 4.58. The predicted molar refractivity (Wildman–Crippen MR) is 94.1 cm³/mol. The second-order valence-electron chi connectivity index (χ2n) is 6.03. The lowest BCUT2D eigenvalue weighted by Gasteiger charge is -2.08. The lowest BCUT2D eigenvalue weighted by atomic mass is 10.1. The number of hydrogen-bond acceptors (Lipinski definition) is 3. The van der Waals surface area contributed by atoms with E-state index in [0.29, 0.717) is 19.6 Å². The maximum absolute atomic E-state index is 11.8. The number of fused-ring (bicyclic) bond motifs is 1. The van der Waals surface area contributed by atoms with Crippen molar-refractivity contribution in [2.45, 2.75) is 45.6 Å². The molecule has 1 amide bonds. The minimum Gasteiger partial charge on any atom is -0.494 e. The van der Waals surface area contributed by atoms with Crippen LogP contribution >= 0.6 is 11.3 Å². The van der Waals surface area contributed by atoms with Crippen LogP contribution in [0.25, 0.3) is 0 Å². The highest BCUT2D eigenvalue weighted by Crippen LogP contribution is 2.26. The highest BCUT2D eigenvalue weighted by atomic mass is 32.1. The van der Waals surface area contributed by atoms with Crippen LogP contribution in [0.3, 0.4) is 0 Å². The van der Waals surface area contributed by atoms with Gasteiger partial charge in [0.05, 0.1) is 13.2 Å². The summed E-state index contributed by atoms with van der Waals surface area (Å²) in [6.07, 6.45) is 4.86. The molecule has 0 fully saturated rings. The Hall–Kier alpha value is -1.81. The van der Waals surface area contributed by atoms with Gasteiger partial charge in [0.1, 0.15) is 5.75 Å². The van der Waals surface area contributed by atoms with Gasteiger partial charge in [-0.2, -0.15) is 0 Å². The van der Waals surface area contributed by atoms with Gasteiger partial charge in [-0.05, 0) is 68.0 Å². The molecule has 1 aromatic carbocycles. The zero-order valence-electron chi connectivity index (χ0n) is 13.6. The van der Waals surface area contributed by atoms with Crippen LogP contribution in [-0.2, 0) is 24.2 Å². The van der Waals surface area contributed by atoms with E-state index in [9.17, 15) is 4.79 Å². The minimum atomic E-state index is 0.0913. The lowest BCUT2D eigenvalue weighted by molar-refractivity contribution is -0.121. The summed E-state index contributed by atoms with van der Waals surface area (Å²) in [6, 6.07) is 10.5. The zero-order chi connectivity index (χ0) is 16.1. The summed E-state index contributed by atoms with van der Waals surface area (Å²) >= 11 is 1.73. The van der Waals surface area contributed by atoms with Gasteiger partial charge in [0, 0.05) is 16.2 Å². The largest absolute Gasteiger partial charge is 0.494 e.